The monoisotopic (exact) mass is 644 g/mol. The van der Waals surface area contributed by atoms with Gasteiger partial charge in [-0.2, -0.15) is 0 Å². The van der Waals surface area contributed by atoms with Crippen molar-refractivity contribution in [2.75, 3.05) is 9.80 Å². The van der Waals surface area contributed by atoms with Gasteiger partial charge in [-0.05, 0) is 70.9 Å². The number of hydrogen-bond donors (Lipinski definition) is 0. The maximum absolute atomic E-state index is 2.44. The van der Waals surface area contributed by atoms with Crippen LogP contribution in [-0.2, 0) is 0 Å². The summed E-state index contributed by atoms with van der Waals surface area (Å²) in [6.45, 7) is 0. The van der Waals surface area contributed by atoms with Gasteiger partial charge < -0.3 is 9.80 Å². The van der Waals surface area contributed by atoms with Crippen LogP contribution < -0.4 is 9.80 Å². The third kappa shape index (κ3) is 5.22. The molecule has 0 saturated heterocycles. The Kier molecular flexibility index (Phi) is 7.38. The predicted octanol–water partition coefficient (Wildman–Crippen LogP) is 13.8. The Morgan fingerprint density at radius 3 is 1.55 bits per heavy atom. The molecule has 9 rings (SSSR count). The molecule has 0 atom stereocenters. The Labute approximate surface area is 290 Å². The van der Waals surface area contributed by atoms with Crippen LogP contribution in [0.15, 0.2) is 194 Å². The van der Waals surface area contributed by atoms with E-state index >= 15 is 0 Å². The summed E-state index contributed by atoms with van der Waals surface area (Å²) >= 11 is 1.88. The van der Waals surface area contributed by atoms with Gasteiger partial charge in [-0.25, -0.2) is 0 Å². The minimum atomic E-state index is 1.09. The third-order valence-electron chi connectivity index (χ3n) is 9.21. The van der Waals surface area contributed by atoms with Crippen LogP contribution in [0.5, 0.6) is 0 Å². The quantitative estimate of drug-likeness (QED) is 0.170. The van der Waals surface area contributed by atoms with E-state index in [4.69, 9.17) is 0 Å². The van der Waals surface area contributed by atoms with E-state index in [2.05, 4.69) is 204 Å². The van der Waals surface area contributed by atoms with E-state index in [1.54, 1.807) is 0 Å². The summed E-state index contributed by atoms with van der Waals surface area (Å²) < 4.78 is 2.57. The van der Waals surface area contributed by atoms with Gasteiger partial charge in [0.1, 0.15) is 0 Å². The van der Waals surface area contributed by atoms with Crippen LogP contribution in [0, 0.1) is 0 Å². The second kappa shape index (κ2) is 12.5. The zero-order valence-corrected chi connectivity index (χ0v) is 27.6. The smallest absolute Gasteiger partial charge is 0.0716 e. The number of hydrogen-bond acceptors (Lipinski definition) is 3. The molecule has 0 aliphatic heterocycles. The standard InChI is InChI=1S/C46H32N2S/c1-5-17-33(18-6-1)38-26-15-16-28-42(38)48(37-24-11-4-12-25-37)43-31-41-40-30-29-34-19-13-14-27-39(34)46(40)49-45(41)32-44(43)47(35-20-7-2-8-21-35)36-22-9-3-10-23-36/h1-32H. The van der Waals surface area contributed by atoms with Crippen molar-refractivity contribution in [1.29, 1.82) is 0 Å². The van der Waals surface area contributed by atoms with Crippen molar-refractivity contribution in [2.24, 2.45) is 0 Å². The number of anilines is 6. The molecule has 1 heterocycles. The molecular formula is C46H32N2S. The van der Waals surface area contributed by atoms with Crippen LogP contribution in [0.2, 0.25) is 0 Å². The molecule has 9 aromatic rings. The third-order valence-corrected chi connectivity index (χ3v) is 10.4. The molecule has 0 aliphatic rings. The number of thiophene rings is 1. The average Bonchev–Trinajstić information content (AvgIpc) is 3.55. The van der Waals surface area contributed by atoms with Gasteiger partial charge >= 0.3 is 0 Å². The van der Waals surface area contributed by atoms with Crippen LogP contribution in [-0.4, -0.2) is 0 Å². The van der Waals surface area contributed by atoms with Crippen LogP contribution in [0.4, 0.5) is 34.1 Å². The highest BCUT2D eigenvalue weighted by atomic mass is 32.1. The lowest BCUT2D eigenvalue weighted by atomic mass is 10.0. The number of para-hydroxylation sites is 4. The molecule has 3 heteroatoms. The second-order valence-corrected chi connectivity index (χ2v) is 13.2. The molecular weight excluding hydrogens is 613 g/mol. The molecule has 232 valence electrons. The molecule has 0 spiro atoms. The van der Waals surface area contributed by atoms with E-state index in [-0.39, 0.29) is 0 Å². The Balaban J connectivity index is 1.41. The highest BCUT2D eigenvalue weighted by molar-refractivity contribution is 7.26. The van der Waals surface area contributed by atoms with Crippen molar-refractivity contribution >= 4 is 76.4 Å². The van der Waals surface area contributed by atoms with Gasteiger partial charge in [0.2, 0.25) is 0 Å². The number of fused-ring (bicyclic) bond motifs is 5. The van der Waals surface area contributed by atoms with Crippen LogP contribution in [0.25, 0.3) is 42.1 Å². The Morgan fingerprint density at radius 2 is 0.878 bits per heavy atom. The molecule has 0 unspecified atom stereocenters. The first-order valence-electron chi connectivity index (χ1n) is 16.6. The van der Waals surface area contributed by atoms with E-state index in [0.717, 1.165) is 34.1 Å². The number of benzene rings is 8. The van der Waals surface area contributed by atoms with Gasteiger partial charge in [-0.1, -0.05) is 140 Å². The summed E-state index contributed by atoms with van der Waals surface area (Å²) in [6.07, 6.45) is 0. The van der Waals surface area contributed by atoms with E-state index in [1.807, 2.05) is 11.3 Å². The molecule has 0 saturated carbocycles. The zero-order chi connectivity index (χ0) is 32.6. The first kappa shape index (κ1) is 29.0. The summed E-state index contributed by atoms with van der Waals surface area (Å²) in [6, 6.07) is 69.8. The molecule has 2 nitrogen and oxygen atoms in total. The molecule has 0 N–H and O–H groups in total. The lowest BCUT2D eigenvalue weighted by Gasteiger charge is -2.34. The first-order valence-corrected chi connectivity index (χ1v) is 17.4. The molecule has 0 amide bonds. The first-order chi connectivity index (χ1) is 24.3. The molecule has 8 aromatic carbocycles. The van der Waals surface area contributed by atoms with Crippen molar-refractivity contribution < 1.29 is 0 Å². The Morgan fingerprint density at radius 1 is 0.347 bits per heavy atom. The molecule has 0 fully saturated rings. The zero-order valence-electron chi connectivity index (χ0n) is 26.8. The maximum Gasteiger partial charge on any atom is 0.0716 e. The summed E-state index contributed by atoms with van der Waals surface area (Å²) in [5.74, 6) is 0. The van der Waals surface area contributed by atoms with Gasteiger partial charge in [0, 0.05) is 42.8 Å². The summed E-state index contributed by atoms with van der Waals surface area (Å²) in [7, 11) is 0. The minimum Gasteiger partial charge on any atom is -0.308 e. The normalized spacial score (nSPS) is 11.3. The van der Waals surface area contributed by atoms with Crippen molar-refractivity contribution in [2.45, 2.75) is 0 Å². The lowest BCUT2D eigenvalue weighted by molar-refractivity contribution is 1.23. The van der Waals surface area contributed by atoms with Crippen molar-refractivity contribution in [1.82, 2.24) is 0 Å². The van der Waals surface area contributed by atoms with Crippen molar-refractivity contribution in [3.63, 3.8) is 0 Å². The highest BCUT2D eigenvalue weighted by Gasteiger charge is 2.26. The fraction of sp³-hybridized carbons (Fsp3) is 0. The van der Waals surface area contributed by atoms with E-state index in [9.17, 15) is 0 Å². The van der Waals surface area contributed by atoms with Crippen LogP contribution in [0.3, 0.4) is 0 Å². The lowest BCUT2D eigenvalue weighted by Crippen LogP contribution is -2.17. The molecule has 0 radical (unpaired) electrons. The molecule has 1 aromatic heterocycles. The van der Waals surface area contributed by atoms with Gasteiger partial charge in [0.15, 0.2) is 0 Å². The van der Waals surface area contributed by atoms with Crippen molar-refractivity contribution in [3.05, 3.63) is 194 Å². The van der Waals surface area contributed by atoms with Gasteiger partial charge in [0.05, 0.1) is 17.1 Å². The number of nitrogens with zero attached hydrogens (tertiary/aromatic N) is 2. The maximum atomic E-state index is 2.44. The van der Waals surface area contributed by atoms with Crippen LogP contribution >= 0.6 is 11.3 Å². The molecule has 49 heavy (non-hydrogen) atoms. The van der Waals surface area contributed by atoms with E-state index < -0.39 is 0 Å². The minimum absolute atomic E-state index is 1.09. The SMILES string of the molecule is c1ccc(-c2ccccc2N(c2ccccc2)c2cc3c(cc2N(c2ccccc2)c2ccccc2)sc2c4ccccc4ccc32)cc1. The summed E-state index contributed by atoms with van der Waals surface area (Å²) in [5, 5.41) is 5.09. The van der Waals surface area contributed by atoms with Crippen molar-refractivity contribution in [3.8, 4) is 11.1 Å². The number of rotatable bonds is 7. The van der Waals surface area contributed by atoms with Crippen LogP contribution in [0.1, 0.15) is 0 Å². The van der Waals surface area contributed by atoms with Gasteiger partial charge in [-0.3, -0.25) is 0 Å². The van der Waals surface area contributed by atoms with Gasteiger partial charge in [0.25, 0.3) is 0 Å². The molecule has 0 bridgehead atoms. The Hall–Kier alpha value is -6.16. The van der Waals surface area contributed by atoms with E-state index in [0.29, 0.717) is 0 Å². The fourth-order valence-corrected chi connectivity index (χ4v) is 8.24. The summed E-state index contributed by atoms with van der Waals surface area (Å²) in [5.41, 5.74) is 8.97. The molecule has 0 aliphatic carbocycles. The van der Waals surface area contributed by atoms with Gasteiger partial charge in [-0.15, -0.1) is 11.3 Å². The Bertz CT molecular complexity index is 2500. The summed E-state index contributed by atoms with van der Waals surface area (Å²) in [4.78, 5) is 4.85. The average molecular weight is 645 g/mol. The second-order valence-electron chi connectivity index (χ2n) is 12.2. The topological polar surface area (TPSA) is 6.48 Å². The van der Waals surface area contributed by atoms with E-state index in [1.165, 1.54) is 42.1 Å². The fourth-order valence-electron chi connectivity index (χ4n) is 6.98. The predicted molar refractivity (Wildman–Crippen MR) is 212 cm³/mol. The largest absolute Gasteiger partial charge is 0.308 e. The highest BCUT2D eigenvalue weighted by Crippen LogP contribution is 2.51.